The summed E-state index contributed by atoms with van der Waals surface area (Å²) in [5.74, 6) is -0.249. The minimum absolute atomic E-state index is 0.249. The molecule has 0 saturated carbocycles. The Morgan fingerprint density at radius 3 is 2.45 bits per heavy atom. The van der Waals surface area contributed by atoms with Gasteiger partial charge in [0.2, 0.25) is 0 Å². The van der Waals surface area contributed by atoms with E-state index in [0.717, 1.165) is 16.8 Å². The first-order chi connectivity index (χ1) is 9.47. The van der Waals surface area contributed by atoms with Crippen molar-refractivity contribution in [2.24, 2.45) is 5.73 Å². The highest BCUT2D eigenvalue weighted by Gasteiger charge is 2.07. The quantitative estimate of drug-likeness (QED) is 0.872. The molecular formula is C15H14ClFN2S. The Labute approximate surface area is 128 Å². The van der Waals surface area contributed by atoms with Gasteiger partial charge in [-0.2, -0.15) is 0 Å². The monoisotopic (exact) mass is 308 g/mol. The highest BCUT2D eigenvalue weighted by Crippen LogP contribution is 2.22. The van der Waals surface area contributed by atoms with Gasteiger partial charge < -0.3 is 10.6 Å². The highest BCUT2D eigenvalue weighted by molar-refractivity contribution is 7.80. The van der Waals surface area contributed by atoms with Crippen molar-refractivity contribution in [2.45, 2.75) is 6.54 Å². The fourth-order valence-electron chi connectivity index (χ4n) is 1.87. The first-order valence-corrected chi connectivity index (χ1v) is 6.81. The molecule has 0 aliphatic carbocycles. The molecule has 0 amide bonds. The number of hydrogen-bond acceptors (Lipinski definition) is 2. The molecule has 2 nitrogen and oxygen atoms in total. The second kappa shape index (κ2) is 6.20. The predicted molar refractivity (Wildman–Crippen MR) is 85.8 cm³/mol. The highest BCUT2D eigenvalue weighted by atomic mass is 35.5. The van der Waals surface area contributed by atoms with Gasteiger partial charge in [0, 0.05) is 29.9 Å². The Kier molecular flexibility index (Phi) is 4.57. The van der Waals surface area contributed by atoms with Crippen LogP contribution in [0.25, 0.3) is 0 Å². The maximum absolute atomic E-state index is 12.9. The number of nitrogens with zero attached hydrogens (tertiary/aromatic N) is 1. The maximum Gasteiger partial charge on any atom is 0.123 e. The number of anilines is 1. The van der Waals surface area contributed by atoms with Gasteiger partial charge in [-0.15, -0.1) is 0 Å². The molecule has 0 fully saturated rings. The van der Waals surface area contributed by atoms with Crippen LogP contribution < -0.4 is 10.6 Å². The number of halogens is 2. The summed E-state index contributed by atoms with van der Waals surface area (Å²) in [5, 5.41) is 0.615. The van der Waals surface area contributed by atoms with Gasteiger partial charge in [-0.05, 0) is 35.9 Å². The van der Waals surface area contributed by atoms with Gasteiger partial charge in [0.15, 0.2) is 0 Å². The SMILES string of the molecule is CN(Cc1ccc(C(N)=S)cc1Cl)c1ccc(F)cc1. The molecule has 0 saturated heterocycles. The van der Waals surface area contributed by atoms with Crippen LogP contribution in [0.15, 0.2) is 42.5 Å². The van der Waals surface area contributed by atoms with Crippen LogP contribution >= 0.6 is 23.8 Å². The van der Waals surface area contributed by atoms with Crippen LogP contribution in [0, 0.1) is 5.82 Å². The van der Waals surface area contributed by atoms with Crippen molar-refractivity contribution >= 4 is 34.5 Å². The molecule has 0 aliphatic heterocycles. The molecular weight excluding hydrogens is 295 g/mol. The molecule has 0 heterocycles. The minimum atomic E-state index is -0.249. The summed E-state index contributed by atoms with van der Waals surface area (Å²) in [6.45, 7) is 0.613. The van der Waals surface area contributed by atoms with Crippen molar-refractivity contribution in [3.05, 3.63) is 64.4 Å². The van der Waals surface area contributed by atoms with Gasteiger partial charge in [0.05, 0.1) is 0 Å². The summed E-state index contributed by atoms with van der Waals surface area (Å²) in [6, 6.07) is 11.8. The van der Waals surface area contributed by atoms with E-state index < -0.39 is 0 Å². The molecule has 2 aromatic rings. The van der Waals surface area contributed by atoms with Gasteiger partial charge in [-0.25, -0.2) is 4.39 Å². The van der Waals surface area contributed by atoms with E-state index in [1.165, 1.54) is 12.1 Å². The topological polar surface area (TPSA) is 29.3 Å². The van der Waals surface area contributed by atoms with Crippen LogP contribution in [0.3, 0.4) is 0 Å². The molecule has 0 spiro atoms. The summed E-state index contributed by atoms with van der Waals surface area (Å²) >= 11 is 11.1. The molecule has 0 atom stereocenters. The van der Waals surface area contributed by atoms with Crippen LogP contribution in [-0.4, -0.2) is 12.0 Å². The van der Waals surface area contributed by atoms with Crippen LogP contribution in [0.1, 0.15) is 11.1 Å². The zero-order valence-corrected chi connectivity index (χ0v) is 12.5. The molecule has 2 aromatic carbocycles. The van der Waals surface area contributed by atoms with Gasteiger partial charge in [0.25, 0.3) is 0 Å². The lowest BCUT2D eigenvalue weighted by atomic mass is 10.1. The van der Waals surface area contributed by atoms with Crippen molar-refractivity contribution in [2.75, 3.05) is 11.9 Å². The lowest BCUT2D eigenvalue weighted by Gasteiger charge is -2.20. The van der Waals surface area contributed by atoms with E-state index in [-0.39, 0.29) is 5.82 Å². The molecule has 0 radical (unpaired) electrons. The zero-order chi connectivity index (χ0) is 14.7. The molecule has 0 aromatic heterocycles. The zero-order valence-electron chi connectivity index (χ0n) is 10.9. The lowest BCUT2D eigenvalue weighted by molar-refractivity contribution is 0.627. The number of rotatable bonds is 4. The fraction of sp³-hybridized carbons (Fsp3) is 0.133. The van der Waals surface area contributed by atoms with E-state index in [2.05, 4.69) is 0 Å². The lowest BCUT2D eigenvalue weighted by Crippen LogP contribution is -2.17. The molecule has 5 heteroatoms. The smallest absolute Gasteiger partial charge is 0.123 e. The molecule has 104 valence electrons. The van der Waals surface area contributed by atoms with Crippen LogP contribution in [0.5, 0.6) is 0 Å². The summed E-state index contributed by atoms with van der Waals surface area (Å²) in [7, 11) is 1.92. The second-order valence-corrected chi connectivity index (χ2v) is 5.35. The summed E-state index contributed by atoms with van der Waals surface area (Å²) in [6.07, 6.45) is 0. The molecule has 0 unspecified atom stereocenters. The van der Waals surface area contributed by atoms with Crippen molar-refractivity contribution in [3.63, 3.8) is 0 Å². The Morgan fingerprint density at radius 2 is 1.90 bits per heavy atom. The van der Waals surface area contributed by atoms with Crippen LogP contribution in [0.2, 0.25) is 5.02 Å². The largest absolute Gasteiger partial charge is 0.389 e. The number of hydrogen-bond donors (Lipinski definition) is 1. The van der Waals surface area contributed by atoms with Crippen LogP contribution in [-0.2, 0) is 6.54 Å². The van der Waals surface area contributed by atoms with E-state index in [1.54, 1.807) is 18.2 Å². The average Bonchev–Trinajstić information content (AvgIpc) is 2.41. The first kappa shape index (κ1) is 14.8. The number of benzene rings is 2. The fourth-order valence-corrected chi connectivity index (χ4v) is 2.24. The van der Waals surface area contributed by atoms with E-state index in [9.17, 15) is 4.39 Å². The minimum Gasteiger partial charge on any atom is -0.389 e. The summed E-state index contributed by atoms with van der Waals surface area (Å²) in [5.41, 5.74) is 8.19. The number of thiocarbonyl (C=S) groups is 1. The molecule has 0 bridgehead atoms. The van der Waals surface area contributed by atoms with Crippen molar-refractivity contribution < 1.29 is 4.39 Å². The maximum atomic E-state index is 12.9. The molecule has 2 N–H and O–H groups in total. The molecule has 0 aliphatic rings. The second-order valence-electron chi connectivity index (χ2n) is 4.50. The Hall–Kier alpha value is -1.65. The van der Waals surface area contributed by atoms with Crippen molar-refractivity contribution in [1.82, 2.24) is 0 Å². The van der Waals surface area contributed by atoms with Gasteiger partial charge in [-0.1, -0.05) is 36.0 Å². The summed E-state index contributed by atoms with van der Waals surface area (Å²) < 4.78 is 12.9. The third kappa shape index (κ3) is 3.46. The standard InChI is InChI=1S/C15H14ClFN2S/c1-19(13-6-4-12(17)5-7-13)9-11-3-2-10(15(18)20)8-14(11)16/h2-8H,9H2,1H3,(H2,18,20). The first-order valence-electron chi connectivity index (χ1n) is 6.02. The third-order valence-electron chi connectivity index (χ3n) is 3.01. The molecule has 2 rings (SSSR count). The van der Waals surface area contributed by atoms with Gasteiger partial charge in [-0.3, -0.25) is 0 Å². The van der Waals surface area contributed by atoms with E-state index in [4.69, 9.17) is 29.6 Å². The van der Waals surface area contributed by atoms with Crippen LogP contribution in [0.4, 0.5) is 10.1 Å². The van der Waals surface area contributed by atoms with Crippen molar-refractivity contribution in [1.29, 1.82) is 0 Å². The predicted octanol–water partition coefficient (Wildman–Crippen LogP) is 3.75. The normalized spacial score (nSPS) is 10.3. The van der Waals surface area contributed by atoms with Gasteiger partial charge in [0.1, 0.15) is 10.8 Å². The average molecular weight is 309 g/mol. The Balaban J connectivity index is 2.17. The van der Waals surface area contributed by atoms with E-state index in [0.29, 0.717) is 16.6 Å². The third-order valence-corrected chi connectivity index (χ3v) is 3.60. The molecule has 20 heavy (non-hydrogen) atoms. The summed E-state index contributed by atoms with van der Waals surface area (Å²) in [4.78, 5) is 2.31. The van der Waals surface area contributed by atoms with Gasteiger partial charge >= 0.3 is 0 Å². The Morgan fingerprint density at radius 1 is 1.25 bits per heavy atom. The van der Waals surface area contributed by atoms with E-state index in [1.807, 2.05) is 24.1 Å². The Bertz CT molecular complexity index is 628. The number of nitrogens with two attached hydrogens (primary N) is 1. The van der Waals surface area contributed by atoms with E-state index >= 15 is 0 Å². The van der Waals surface area contributed by atoms with Crippen molar-refractivity contribution in [3.8, 4) is 0 Å².